The molecule has 118 valence electrons. The molecule has 0 saturated carbocycles. The Bertz CT molecular complexity index is 459. The lowest BCUT2D eigenvalue weighted by atomic mass is 10.1. The van der Waals surface area contributed by atoms with Gasteiger partial charge in [-0.2, -0.15) is 0 Å². The molecule has 0 aliphatic carbocycles. The lowest BCUT2D eigenvalue weighted by Gasteiger charge is -2.24. The van der Waals surface area contributed by atoms with Crippen molar-refractivity contribution in [3.8, 4) is 0 Å². The fraction of sp³-hybridized carbons (Fsp3) is 0.733. The Morgan fingerprint density at radius 3 is 2.86 bits per heavy atom. The second-order valence-corrected chi connectivity index (χ2v) is 5.64. The van der Waals surface area contributed by atoms with E-state index in [1.807, 2.05) is 20.9 Å². The molecule has 1 fully saturated rings. The molecule has 21 heavy (non-hydrogen) atoms. The Kier molecular flexibility index (Phi) is 5.61. The Hall–Kier alpha value is -1.56. The summed E-state index contributed by atoms with van der Waals surface area (Å²) >= 11 is 0. The van der Waals surface area contributed by atoms with Crippen molar-refractivity contribution in [2.24, 2.45) is 10.9 Å². The smallest absolute Gasteiger partial charge is 0.193 e. The van der Waals surface area contributed by atoms with Crippen molar-refractivity contribution in [1.29, 1.82) is 0 Å². The van der Waals surface area contributed by atoms with E-state index < -0.39 is 0 Å². The van der Waals surface area contributed by atoms with Crippen molar-refractivity contribution in [3.63, 3.8) is 0 Å². The van der Waals surface area contributed by atoms with Gasteiger partial charge in [0.2, 0.25) is 0 Å². The molecule has 1 aromatic heterocycles. The first-order valence-electron chi connectivity index (χ1n) is 7.53. The molecule has 2 heterocycles. The zero-order chi connectivity index (χ0) is 15.2. The highest BCUT2D eigenvalue weighted by Gasteiger charge is 2.19. The summed E-state index contributed by atoms with van der Waals surface area (Å²) in [7, 11) is 3.89. The van der Waals surface area contributed by atoms with Gasteiger partial charge in [-0.05, 0) is 26.7 Å². The van der Waals surface area contributed by atoms with Crippen LogP contribution in [0, 0.1) is 19.8 Å². The van der Waals surface area contributed by atoms with Crippen LogP contribution in [-0.4, -0.2) is 56.4 Å². The fourth-order valence-corrected chi connectivity index (χ4v) is 2.74. The molecular weight excluding hydrogens is 268 g/mol. The number of ether oxygens (including phenoxy) is 1. The van der Waals surface area contributed by atoms with E-state index in [2.05, 4.69) is 27.4 Å². The molecule has 6 nitrogen and oxygen atoms in total. The van der Waals surface area contributed by atoms with E-state index in [1.165, 1.54) is 5.56 Å². The highest BCUT2D eigenvalue weighted by atomic mass is 16.5. The van der Waals surface area contributed by atoms with Crippen molar-refractivity contribution >= 4 is 5.96 Å². The fourth-order valence-electron chi connectivity index (χ4n) is 2.74. The third-order valence-electron chi connectivity index (χ3n) is 3.97. The van der Waals surface area contributed by atoms with Gasteiger partial charge >= 0.3 is 0 Å². The number of hydrogen-bond donors (Lipinski definition) is 1. The van der Waals surface area contributed by atoms with Crippen molar-refractivity contribution in [2.45, 2.75) is 26.7 Å². The Balaban J connectivity index is 1.79. The van der Waals surface area contributed by atoms with Gasteiger partial charge in [-0.3, -0.25) is 4.99 Å². The molecule has 0 radical (unpaired) electrons. The summed E-state index contributed by atoms with van der Waals surface area (Å²) in [5.41, 5.74) is 2.16. The molecule has 6 heteroatoms. The lowest BCUT2D eigenvalue weighted by Crippen LogP contribution is -2.42. The van der Waals surface area contributed by atoms with E-state index in [4.69, 9.17) is 9.26 Å². The van der Waals surface area contributed by atoms with Crippen LogP contribution in [0.3, 0.4) is 0 Å². The number of rotatable bonds is 5. The maximum atomic E-state index is 5.42. The van der Waals surface area contributed by atoms with Gasteiger partial charge in [0.15, 0.2) is 5.96 Å². The minimum atomic E-state index is 0.608. The van der Waals surface area contributed by atoms with Crippen molar-refractivity contribution in [2.75, 3.05) is 40.4 Å². The van der Waals surface area contributed by atoms with Crippen LogP contribution >= 0.6 is 0 Å². The number of aromatic nitrogens is 1. The normalized spacial score (nSPS) is 19.0. The van der Waals surface area contributed by atoms with Crippen LogP contribution in [0.1, 0.15) is 23.4 Å². The molecule has 1 saturated heterocycles. The minimum Gasteiger partial charge on any atom is -0.381 e. The van der Waals surface area contributed by atoms with Crippen LogP contribution in [0.25, 0.3) is 0 Å². The van der Waals surface area contributed by atoms with Gasteiger partial charge in [-0.25, -0.2) is 0 Å². The summed E-state index contributed by atoms with van der Waals surface area (Å²) in [5.74, 6) is 2.44. The monoisotopic (exact) mass is 294 g/mol. The van der Waals surface area contributed by atoms with Gasteiger partial charge in [-0.15, -0.1) is 0 Å². The summed E-state index contributed by atoms with van der Waals surface area (Å²) in [6, 6.07) is 0. The van der Waals surface area contributed by atoms with E-state index >= 15 is 0 Å². The first kappa shape index (κ1) is 15.8. The number of nitrogens with zero attached hydrogens (tertiary/aromatic N) is 3. The number of aliphatic imine (C=N–C) groups is 1. The molecule has 1 N–H and O–H groups in total. The molecule has 0 amide bonds. The van der Waals surface area contributed by atoms with Crippen LogP contribution < -0.4 is 5.32 Å². The van der Waals surface area contributed by atoms with Crippen molar-refractivity contribution in [1.82, 2.24) is 15.4 Å². The molecular formula is C15H26N4O2. The van der Waals surface area contributed by atoms with Crippen molar-refractivity contribution in [3.05, 3.63) is 17.0 Å². The summed E-state index contributed by atoms with van der Waals surface area (Å²) < 4.78 is 10.6. The van der Waals surface area contributed by atoms with Crippen LogP contribution in [0.2, 0.25) is 0 Å². The highest BCUT2D eigenvalue weighted by molar-refractivity contribution is 5.79. The van der Waals surface area contributed by atoms with Crippen LogP contribution in [0.4, 0.5) is 0 Å². The zero-order valence-electron chi connectivity index (χ0n) is 13.5. The predicted molar refractivity (Wildman–Crippen MR) is 82.6 cm³/mol. The molecule has 0 aromatic carbocycles. The third-order valence-corrected chi connectivity index (χ3v) is 3.97. The maximum absolute atomic E-state index is 5.42. The van der Waals surface area contributed by atoms with Gasteiger partial charge in [0, 0.05) is 45.3 Å². The van der Waals surface area contributed by atoms with Gasteiger partial charge in [0.05, 0.1) is 12.3 Å². The lowest BCUT2D eigenvalue weighted by molar-refractivity contribution is 0.181. The average Bonchev–Trinajstić information content (AvgIpc) is 3.07. The molecule has 1 atom stereocenters. The van der Waals surface area contributed by atoms with E-state index in [9.17, 15) is 0 Å². The van der Waals surface area contributed by atoms with Crippen LogP contribution in [0.15, 0.2) is 9.52 Å². The average molecular weight is 294 g/mol. The number of aryl methyl sites for hydroxylation is 2. The second kappa shape index (κ2) is 7.45. The van der Waals surface area contributed by atoms with Gasteiger partial charge in [0.1, 0.15) is 5.76 Å². The Morgan fingerprint density at radius 1 is 1.48 bits per heavy atom. The second-order valence-electron chi connectivity index (χ2n) is 5.64. The molecule has 2 rings (SSSR count). The Morgan fingerprint density at radius 2 is 2.29 bits per heavy atom. The number of guanidine groups is 1. The van der Waals surface area contributed by atoms with Crippen LogP contribution in [0.5, 0.6) is 0 Å². The molecule has 1 unspecified atom stereocenters. The molecule has 1 aliphatic rings. The molecule has 0 spiro atoms. The zero-order valence-corrected chi connectivity index (χ0v) is 13.5. The maximum Gasteiger partial charge on any atom is 0.193 e. The largest absolute Gasteiger partial charge is 0.381 e. The third kappa shape index (κ3) is 4.20. The summed E-state index contributed by atoms with van der Waals surface area (Å²) in [6.45, 7) is 7.48. The minimum absolute atomic E-state index is 0.608. The SMILES string of the molecule is CN=C(NCCc1c(C)noc1C)N(C)CC1CCOC1. The standard InChI is InChI=1S/C15H26N4O2/c1-11-14(12(2)21-18-11)5-7-17-15(16-3)19(4)9-13-6-8-20-10-13/h13H,5-10H2,1-4H3,(H,16,17). The van der Waals surface area contributed by atoms with Gasteiger partial charge in [0.25, 0.3) is 0 Å². The highest BCUT2D eigenvalue weighted by Crippen LogP contribution is 2.14. The number of hydrogen-bond acceptors (Lipinski definition) is 4. The quantitative estimate of drug-likeness (QED) is 0.656. The predicted octanol–water partition coefficient (Wildman–Crippen LogP) is 1.38. The van der Waals surface area contributed by atoms with Crippen molar-refractivity contribution < 1.29 is 9.26 Å². The summed E-state index contributed by atoms with van der Waals surface area (Å²) in [6.07, 6.45) is 2.03. The van der Waals surface area contributed by atoms with Crippen LogP contribution in [-0.2, 0) is 11.2 Å². The first-order valence-corrected chi connectivity index (χ1v) is 7.53. The van der Waals surface area contributed by atoms with E-state index in [0.717, 1.165) is 56.6 Å². The molecule has 1 aliphatic heterocycles. The van der Waals surface area contributed by atoms with Gasteiger partial charge < -0.3 is 19.5 Å². The first-order chi connectivity index (χ1) is 10.1. The topological polar surface area (TPSA) is 62.9 Å². The number of nitrogens with one attached hydrogen (secondary N) is 1. The molecule has 0 bridgehead atoms. The summed E-state index contributed by atoms with van der Waals surface area (Å²) in [4.78, 5) is 6.52. The van der Waals surface area contributed by atoms with E-state index in [1.54, 1.807) is 0 Å². The van der Waals surface area contributed by atoms with E-state index in [-0.39, 0.29) is 0 Å². The molecule has 1 aromatic rings. The van der Waals surface area contributed by atoms with E-state index in [0.29, 0.717) is 5.92 Å². The summed E-state index contributed by atoms with van der Waals surface area (Å²) in [5, 5.41) is 7.38. The Labute approximate surface area is 126 Å². The van der Waals surface area contributed by atoms with Gasteiger partial charge in [-0.1, -0.05) is 5.16 Å².